The van der Waals surface area contributed by atoms with Crippen molar-refractivity contribution in [3.63, 3.8) is 0 Å². The van der Waals surface area contributed by atoms with Crippen LogP contribution in [-0.4, -0.2) is 46.0 Å². The van der Waals surface area contributed by atoms with Gasteiger partial charge in [0, 0.05) is 19.6 Å². The SMILES string of the molecule is CCNC(=O)c1cc(S(=O)(=O)NCc2ccc(CN3CCCC3)cc2)ccc1OC. The Kier molecular flexibility index (Phi) is 7.47. The highest BCUT2D eigenvalue weighted by Crippen LogP contribution is 2.23. The molecule has 30 heavy (non-hydrogen) atoms. The van der Waals surface area contributed by atoms with Gasteiger partial charge >= 0.3 is 0 Å². The van der Waals surface area contributed by atoms with Gasteiger partial charge in [-0.3, -0.25) is 9.69 Å². The third kappa shape index (κ3) is 5.59. The smallest absolute Gasteiger partial charge is 0.255 e. The maximum atomic E-state index is 12.7. The molecule has 0 aromatic heterocycles. The molecule has 1 heterocycles. The van der Waals surface area contributed by atoms with Crippen molar-refractivity contribution in [3.8, 4) is 5.75 Å². The molecule has 7 nitrogen and oxygen atoms in total. The minimum atomic E-state index is -3.78. The van der Waals surface area contributed by atoms with E-state index in [4.69, 9.17) is 4.74 Å². The van der Waals surface area contributed by atoms with E-state index in [0.29, 0.717) is 12.3 Å². The Morgan fingerprint density at radius 1 is 1.07 bits per heavy atom. The van der Waals surface area contributed by atoms with Gasteiger partial charge in [0.2, 0.25) is 10.0 Å². The Hall–Kier alpha value is -2.42. The van der Waals surface area contributed by atoms with Gasteiger partial charge in [-0.15, -0.1) is 0 Å². The standard InChI is InChI=1S/C22H29N3O4S/c1-3-23-22(26)20-14-19(10-11-21(20)29-2)30(27,28)24-15-17-6-8-18(9-7-17)16-25-12-4-5-13-25/h6-11,14,24H,3-5,12-13,15-16H2,1-2H3,(H,23,26). The molecule has 162 valence electrons. The molecule has 0 atom stereocenters. The predicted molar refractivity (Wildman–Crippen MR) is 116 cm³/mol. The minimum Gasteiger partial charge on any atom is -0.496 e. The molecule has 0 saturated carbocycles. The molecule has 0 bridgehead atoms. The summed E-state index contributed by atoms with van der Waals surface area (Å²) in [6.07, 6.45) is 2.51. The topological polar surface area (TPSA) is 87.7 Å². The highest BCUT2D eigenvalue weighted by atomic mass is 32.2. The molecule has 1 amide bonds. The zero-order valence-electron chi connectivity index (χ0n) is 17.5. The van der Waals surface area contributed by atoms with E-state index >= 15 is 0 Å². The Morgan fingerprint density at radius 3 is 2.37 bits per heavy atom. The first-order valence-electron chi connectivity index (χ1n) is 10.2. The number of nitrogens with one attached hydrogen (secondary N) is 2. The second-order valence-corrected chi connectivity index (χ2v) is 9.11. The Bertz CT molecular complexity index is 968. The van der Waals surface area contributed by atoms with Crippen LogP contribution in [0, 0.1) is 0 Å². The zero-order chi connectivity index (χ0) is 21.6. The van der Waals surface area contributed by atoms with Crippen LogP contribution in [0.5, 0.6) is 5.75 Å². The lowest BCUT2D eigenvalue weighted by molar-refractivity contribution is 0.0952. The first-order valence-corrected chi connectivity index (χ1v) is 11.7. The van der Waals surface area contributed by atoms with E-state index in [-0.39, 0.29) is 22.9 Å². The van der Waals surface area contributed by atoms with Gasteiger partial charge in [0.25, 0.3) is 5.91 Å². The number of likely N-dealkylation sites (tertiary alicyclic amines) is 1. The number of benzene rings is 2. The fourth-order valence-electron chi connectivity index (χ4n) is 3.51. The summed E-state index contributed by atoms with van der Waals surface area (Å²) in [5.41, 5.74) is 2.29. The number of sulfonamides is 1. The number of amides is 1. The lowest BCUT2D eigenvalue weighted by atomic mass is 10.1. The summed E-state index contributed by atoms with van der Waals surface area (Å²) in [5.74, 6) is -0.0477. The van der Waals surface area contributed by atoms with Gasteiger partial charge < -0.3 is 10.1 Å². The van der Waals surface area contributed by atoms with Crippen LogP contribution in [0.4, 0.5) is 0 Å². The van der Waals surface area contributed by atoms with Crippen LogP contribution in [0.25, 0.3) is 0 Å². The summed E-state index contributed by atoms with van der Waals surface area (Å²) in [6, 6.07) is 12.2. The molecule has 1 aliphatic heterocycles. The predicted octanol–water partition coefficient (Wildman–Crippen LogP) is 2.52. The second-order valence-electron chi connectivity index (χ2n) is 7.35. The van der Waals surface area contributed by atoms with Gasteiger partial charge in [0.15, 0.2) is 0 Å². The number of nitrogens with zero attached hydrogens (tertiary/aromatic N) is 1. The van der Waals surface area contributed by atoms with E-state index in [1.807, 2.05) is 24.3 Å². The van der Waals surface area contributed by atoms with Crippen LogP contribution in [0.15, 0.2) is 47.4 Å². The quantitative estimate of drug-likeness (QED) is 0.637. The molecular weight excluding hydrogens is 402 g/mol. The number of hydrogen-bond donors (Lipinski definition) is 2. The van der Waals surface area contributed by atoms with Crippen LogP contribution in [0.2, 0.25) is 0 Å². The van der Waals surface area contributed by atoms with Crippen molar-refractivity contribution in [3.05, 3.63) is 59.2 Å². The summed E-state index contributed by atoms with van der Waals surface area (Å²) in [7, 11) is -2.33. The van der Waals surface area contributed by atoms with Crippen molar-refractivity contribution in [2.75, 3.05) is 26.7 Å². The van der Waals surface area contributed by atoms with Crippen LogP contribution < -0.4 is 14.8 Å². The second kappa shape index (κ2) is 10.1. The molecule has 3 rings (SSSR count). The Morgan fingerprint density at radius 2 is 1.73 bits per heavy atom. The largest absolute Gasteiger partial charge is 0.496 e. The maximum Gasteiger partial charge on any atom is 0.255 e. The maximum absolute atomic E-state index is 12.7. The highest BCUT2D eigenvalue weighted by Gasteiger charge is 2.19. The molecule has 8 heteroatoms. The Labute approximate surface area is 178 Å². The zero-order valence-corrected chi connectivity index (χ0v) is 18.3. The summed E-state index contributed by atoms with van der Waals surface area (Å²) in [4.78, 5) is 14.7. The lowest BCUT2D eigenvalue weighted by Gasteiger charge is -2.15. The molecule has 2 aromatic rings. The molecule has 2 aromatic carbocycles. The lowest BCUT2D eigenvalue weighted by Crippen LogP contribution is -2.26. The number of methoxy groups -OCH3 is 1. The van der Waals surface area contributed by atoms with Gasteiger partial charge in [0.05, 0.1) is 17.6 Å². The normalized spacial score (nSPS) is 14.6. The van der Waals surface area contributed by atoms with Crippen molar-refractivity contribution in [2.45, 2.75) is 37.8 Å². The van der Waals surface area contributed by atoms with Gasteiger partial charge in [-0.1, -0.05) is 24.3 Å². The van der Waals surface area contributed by atoms with E-state index in [2.05, 4.69) is 14.9 Å². The first-order chi connectivity index (χ1) is 14.4. The summed E-state index contributed by atoms with van der Waals surface area (Å²) < 4.78 is 33.3. The summed E-state index contributed by atoms with van der Waals surface area (Å²) in [6.45, 7) is 5.62. The van der Waals surface area contributed by atoms with Crippen molar-refractivity contribution in [1.29, 1.82) is 0 Å². The number of ether oxygens (including phenoxy) is 1. The third-order valence-corrected chi connectivity index (χ3v) is 6.56. The van der Waals surface area contributed by atoms with Crippen molar-refractivity contribution < 1.29 is 17.9 Å². The molecule has 1 fully saturated rings. The minimum absolute atomic E-state index is 0.0233. The summed E-state index contributed by atoms with van der Waals surface area (Å²) >= 11 is 0. The number of rotatable bonds is 9. The monoisotopic (exact) mass is 431 g/mol. The molecule has 0 aliphatic carbocycles. The van der Waals surface area contributed by atoms with Gasteiger partial charge in [-0.05, 0) is 62.2 Å². The average Bonchev–Trinajstić information content (AvgIpc) is 3.26. The van der Waals surface area contributed by atoms with Crippen LogP contribution in [0.1, 0.15) is 41.3 Å². The molecule has 2 N–H and O–H groups in total. The fraction of sp³-hybridized carbons (Fsp3) is 0.409. The summed E-state index contributed by atoms with van der Waals surface area (Å²) in [5, 5.41) is 2.67. The van der Waals surface area contributed by atoms with E-state index in [9.17, 15) is 13.2 Å². The molecule has 0 unspecified atom stereocenters. The van der Waals surface area contributed by atoms with E-state index < -0.39 is 10.0 Å². The van der Waals surface area contributed by atoms with Crippen molar-refractivity contribution in [2.24, 2.45) is 0 Å². The molecule has 1 saturated heterocycles. The third-order valence-electron chi connectivity index (χ3n) is 5.16. The van der Waals surface area contributed by atoms with Crippen molar-refractivity contribution >= 4 is 15.9 Å². The average molecular weight is 432 g/mol. The molecule has 1 aliphatic rings. The molecular formula is C22H29N3O4S. The van der Waals surface area contributed by atoms with Crippen molar-refractivity contribution in [1.82, 2.24) is 14.9 Å². The number of hydrogen-bond acceptors (Lipinski definition) is 5. The van der Waals surface area contributed by atoms with Crippen LogP contribution >= 0.6 is 0 Å². The number of carbonyl (C=O) groups excluding carboxylic acids is 1. The van der Waals surface area contributed by atoms with Crippen LogP contribution in [0.3, 0.4) is 0 Å². The van der Waals surface area contributed by atoms with E-state index in [0.717, 1.165) is 25.2 Å². The van der Waals surface area contributed by atoms with E-state index in [1.54, 1.807) is 6.92 Å². The van der Waals surface area contributed by atoms with Crippen LogP contribution in [-0.2, 0) is 23.1 Å². The molecule has 0 spiro atoms. The Balaban J connectivity index is 1.67. The highest BCUT2D eigenvalue weighted by molar-refractivity contribution is 7.89. The van der Waals surface area contributed by atoms with E-state index in [1.165, 1.54) is 43.7 Å². The fourth-order valence-corrected chi connectivity index (χ4v) is 4.55. The van der Waals surface area contributed by atoms with Gasteiger partial charge in [0.1, 0.15) is 5.75 Å². The molecule has 0 radical (unpaired) electrons. The van der Waals surface area contributed by atoms with Gasteiger partial charge in [-0.25, -0.2) is 13.1 Å². The first kappa shape index (κ1) is 22.3. The van der Waals surface area contributed by atoms with Gasteiger partial charge in [-0.2, -0.15) is 0 Å². The number of carbonyl (C=O) groups is 1.